The molecular formula is C25H39NO2Si3. The fourth-order valence-corrected chi connectivity index (χ4v) is 7.13. The number of oxazole rings is 1. The molecule has 2 aromatic heterocycles. The van der Waals surface area contributed by atoms with E-state index in [0.29, 0.717) is 0 Å². The van der Waals surface area contributed by atoms with Crippen molar-refractivity contribution in [3.05, 3.63) is 61.1 Å². The van der Waals surface area contributed by atoms with Gasteiger partial charge in [-0.1, -0.05) is 89.3 Å². The van der Waals surface area contributed by atoms with Crippen LogP contribution in [0.4, 0.5) is 0 Å². The zero-order chi connectivity index (χ0) is 23.7. The first kappa shape index (κ1) is 27.0. The van der Waals surface area contributed by atoms with Gasteiger partial charge in [0.1, 0.15) is 28.1 Å². The summed E-state index contributed by atoms with van der Waals surface area (Å²) in [6, 6.07) is 9.92. The summed E-state index contributed by atoms with van der Waals surface area (Å²) in [5.74, 6) is 0. The lowest BCUT2D eigenvalue weighted by atomic mass is 10.2. The van der Waals surface area contributed by atoms with Gasteiger partial charge in [-0.2, -0.15) is 0 Å². The van der Waals surface area contributed by atoms with Crippen LogP contribution in [-0.2, 0) is 0 Å². The van der Waals surface area contributed by atoms with Crippen LogP contribution in [0.15, 0.2) is 64.3 Å². The third-order valence-corrected chi connectivity index (χ3v) is 8.11. The Morgan fingerprint density at radius 1 is 0.710 bits per heavy atom. The highest BCUT2D eigenvalue weighted by atomic mass is 28.3. The van der Waals surface area contributed by atoms with Crippen LogP contribution in [0.25, 0.3) is 11.3 Å². The predicted molar refractivity (Wildman–Crippen MR) is 143 cm³/mol. The third-order valence-electron chi connectivity index (χ3n) is 3.98. The molecule has 0 atom stereocenters. The molecule has 0 saturated carbocycles. The van der Waals surface area contributed by atoms with Crippen molar-refractivity contribution in [2.45, 2.75) is 65.8 Å². The molecule has 2 heterocycles. The number of furan rings is 1. The van der Waals surface area contributed by atoms with E-state index in [2.05, 4.69) is 81.9 Å². The summed E-state index contributed by atoms with van der Waals surface area (Å²) in [5, 5.41) is 1.44. The summed E-state index contributed by atoms with van der Waals surface area (Å²) in [5.41, 5.74) is 10.1. The Hall–Kier alpha value is -2.08. The van der Waals surface area contributed by atoms with E-state index in [1.165, 1.54) is 17.1 Å². The smallest absolute Gasteiger partial charge is 0.181 e. The van der Waals surface area contributed by atoms with Crippen molar-refractivity contribution < 1.29 is 8.83 Å². The summed E-state index contributed by atoms with van der Waals surface area (Å²) in [6.07, 6.45) is 6.78. The zero-order valence-corrected chi connectivity index (χ0v) is 24.0. The van der Waals surface area contributed by atoms with Gasteiger partial charge in [0.05, 0.1) is 20.6 Å². The number of hydrogen-bond donors (Lipinski definition) is 0. The molecule has 3 rings (SSSR count). The Kier molecular flexibility index (Phi) is 10.0. The number of rotatable bonds is 2. The van der Waals surface area contributed by atoms with E-state index in [4.69, 9.17) is 8.83 Å². The highest BCUT2D eigenvalue weighted by Crippen LogP contribution is 2.15. The molecule has 168 valence electrons. The molecule has 0 unspecified atom stereocenters. The molecule has 0 spiro atoms. The van der Waals surface area contributed by atoms with Crippen LogP contribution < -0.4 is 5.19 Å². The molecule has 0 bridgehead atoms. The molecular weight excluding hydrogens is 431 g/mol. The maximum atomic E-state index is 5.11. The largest absolute Gasteiger partial charge is 0.472 e. The standard InChI is InChI=1S/C9H7NO.C8H14OSi.C8H18Si2/c1-2-4-8(5-3-1)9-6-11-7-10-9;1-7-5-9-6-8(7)10(2,3)4;1-9(2,3)7-8-10(4,5)6/h1-7H;5-6H,1-4H3;1-6H3. The molecule has 0 aliphatic heterocycles. The topological polar surface area (TPSA) is 39.2 Å². The Bertz CT molecular complexity index is 929. The monoisotopic (exact) mass is 469 g/mol. The summed E-state index contributed by atoms with van der Waals surface area (Å²) < 4.78 is 9.96. The van der Waals surface area contributed by atoms with E-state index in [0.717, 1.165) is 11.3 Å². The van der Waals surface area contributed by atoms with E-state index < -0.39 is 24.2 Å². The normalized spacial score (nSPS) is 11.3. The highest BCUT2D eigenvalue weighted by Gasteiger charge is 2.19. The molecule has 0 saturated heterocycles. The van der Waals surface area contributed by atoms with Crippen LogP contribution in [0.5, 0.6) is 0 Å². The van der Waals surface area contributed by atoms with Crippen molar-refractivity contribution in [3.63, 3.8) is 0 Å². The Labute approximate surface area is 192 Å². The quantitative estimate of drug-likeness (QED) is 0.294. The van der Waals surface area contributed by atoms with E-state index in [-0.39, 0.29) is 0 Å². The Balaban J connectivity index is 0.000000233. The molecule has 31 heavy (non-hydrogen) atoms. The van der Waals surface area contributed by atoms with Gasteiger partial charge in [0.2, 0.25) is 0 Å². The van der Waals surface area contributed by atoms with Crippen molar-refractivity contribution in [2.75, 3.05) is 0 Å². The molecule has 6 heteroatoms. The highest BCUT2D eigenvalue weighted by molar-refractivity contribution is 6.89. The lowest BCUT2D eigenvalue weighted by molar-refractivity contribution is 0.558. The van der Waals surface area contributed by atoms with Crippen LogP contribution in [0.2, 0.25) is 58.9 Å². The molecule has 3 aromatic rings. The van der Waals surface area contributed by atoms with Gasteiger partial charge in [0.15, 0.2) is 6.39 Å². The van der Waals surface area contributed by atoms with Gasteiger partial charge in [0, 0.05) is 5.56 Å². The number of benzene rings is 1. The summed E-state index contributed by atoms with van der Waals surface area (Å²) in [4.78, 5) is 4.02. The minimum atomic E-state index is -1.12. The minimum absolute atomic E-state index is 0.880. The third kappa shape index (κ3) is 11.8. The van der Waals surface area contributed by atoms with Crippen molar-refractivity contribution in [3.8, 4) is 22.3 Å². The fraction of sp³-hybridized carbons (Fsp3) is 0.400. The zero-order valence-electron chi connectivity index (χ0n) is 21.0. The van der Waals surface area contributed by atoms with Crippen LogP contribution in [0, 0.1) is 18.0 Å². The molecule has 0 radical (unpaired) electrons. The Morgan fingerprint density at radius 3 is 1.58 bits per heavy atom. The van der Waals surface area contributed by atoms with Gasteiger partial charge in [-0.15, -0.1) is 11.1 Å². The number of nitrogens with zero attached hydrogens (tertiary/aromatic N) is 1. The minimum Gasteiger partial charge on any atom is -0.472 e. The maximum absolute atomic E-state index is 5.11. The van der Waals surface area contributed by atoms with E-state index in [9.17, 15) is 0 Å². The fourth-order valence-electron chi connectivity index (χ4n) is 2.47. The summed E-state index contributed by atoms with van der Waals surface area (Å²) >= 11 is 0. The van der Waals surface area contributed by atoms with E-state index in [1.807, 2.05) is 42.9 Å². The first-order valence-corrected chi connectivity index (χ1v) is 21.2. The van der Waals surface area contributed by atoms with Gasteiger partial charge < -0.3 is 8.83 Å². The molecule has 0 aliphatic rings. The summed E-state index contributed by atoms with van der Waals surface area (Å²) in [7, 11) is -3.31. The molecule has 0 aliphatic carbocycles. The van der Waals surface area contributed by atoms with Gasteiger partial charge in [0.25, 0.3) is 0 Å². The number of aryl methyl sites for hydroxylation is 1. The van der Waals surface area contributed by atoms with Crippen molar-refractivity contribution >= 4 is 29.4 Å². The van der Waals surface area contributed by atoms with Gasteiger partial charge in [-0.05, 0) is 17.7 Å². The average Bonchev–Trinajstić information content (AvgIpc) is 3.32. The first-order valence-electron chi connectivity index (χ1n) is 10.7. The predicted octanol–water partition coefficient (Wildman–Crippen LogP) is 7.22. The van der Waals surface area contributed by atoms with Crippen molar-refractivity contribution in [2.24, 2.45) is 0 Å². The van der Waals surface area contributed by atoms with Gasteiger partial charge in [-0.25, -0.2) is 4.98 Å². The lowest BCUT2D eigenvalue weighted by Gasteiger charge is -2.13. The molecule has 0 fully saturated rings. The van der Waals surface area contributed by atoms with E-state index >= 15 is 0 Å². The molecule has 0 N–H and O–H groups in total. The van der Waals surface area contributed by atoms with Crippen molar-refractivity contribution in [1.29, 1.82) is 0 Å². The van der Waals surface area contributed by atoms with Gasteiger partial charge >= 0.3 is 0 Å². The van der Waals surface area contributed by atoms with Crippen LogP contribution >= 0.6 is 0 Å². The average molecular weight is 470 g/mol. The van der Waals surface area contributed by atoms with Crippen molar-refractivity contribution in [1.82, 2.24) is 4.98 Å². The van der Waals surface area contributed by atoms with Gasteiger partial charge in [-0.3, -0.25) is 0 Å². The molecule has 3 nitrogen and oxygen atoms in total. The Morgan fingerprint density at radius 2 is 1.26 bits per heavy atom. The summed E-state index contributed by atoms with van der Waals surface area (Å²) in [6.45, 7) is 22.8. The maximum Gasteiger partial charge on any atom is 0.181 e. The first-order chi connectivity index (χ1) is 14.2. The molecule has 1 aromatic carbocycles. The number of hydrogen-bond acceptors (Lipinski definition) is 3. The molecule has 0 amide bonds. The van der Waals surface area contributed by atoms with Crippen LogP contribution in [0.1, 0.15) is 5.56 Å². The van der Waals surface area contributed by atoms with Crippen LogP contribution in [0.3, 0.4) is 0 Å². The van der Waals surface area contributed by atoms with E-state index in [1.54, 1.807) is 6.26 Å². The number of aromatic nitrogens is 1. The second-order valence-electron chi connectivity index (χ2n) is 10.7. The SMILES string of the molecule is C[Si](C)(C)C#C[Si](C)(C)C.Cc1cocc1[Si](C)(C)C.c1ccc(-c2cocn2)cc1. The second kappa shape index (κ2) is 11.5. The second-order valence-corrected chi connectivity index (χ2v) is 25.2. The van der Waals surface area contributed by atoms with Crippen LogP contribution in [-0.4, -0.2) is 29.2 Å². The lowest BCUT2D eigenvalue weighted by Crippen LogP contribution is -2.37.